The van der Waals surface area contributed by atoms with Crippen molar-refractivity contribution >= 4 is 35.1 Å². The molecule has 7 heteroatoms. The average molecular weight is 397 g/mol. The van der Waals surface area contributed by atoms with Gasteiger partial charge in [-0.3, -0.25) is 4.79 Å². The van der Waals surface area contributed by atoms with Crippen molar-refractivity contribution in [2.45, 2.75) is 25.9 Å². The molecule has 0 saturated heterocycles. The van der Waals surface area contributed by atoms with Crippen LogP contribution in [0.15, 0.2) is 36.4 Å². The van der Waals surface area contributed by atoms with E-state index in [4.69, 9.17) is 37.8 Å². The summed E-state index contributed by atoms with van der Waals surface area (Å²) in [5.74, 6) is -1.31. The van der Waals surface area contributed by atoms with Crippen molar-refractivity contribution in [3.05, 3.63) is 52.0 Å². The van der Waals surface area contributed by atoms with Crippen molar-refractivity contribution < 1.29 is 24.2 Å². The first kappa shape index (κ1) is 20.1. The number of methoxy groups -OCH3 is 1. The Bertz CT molecular complexity index is 829. The Balaban J connectivity index is 2.16. The number of hydrogen-bond donors (Lipinski definition) is 1. The minimum absolute atomic E-state index is 0.0331. The van der Waals surface area contributed by atoms with Crippen LogP contribution in [0.1, 0.15) is 19.4 Å². The predicted molar refractivity (Wildman–Crippen MR) is 100.0 cm³/mol. The van der Waals surface area contributed by atoms with Gasteiger partial charge in [0.25, 0.3) is 0 Å². The summed E-state index contributed by atoms with van der Waals surface area (Å²) in [6.45, 7) is 2.65. The minimum Gasteiger partial charge on any atom is -0.495 e. The summed E-state index contributed by atoms with van der Waals surface area (Å²) in [5.41, 5.74) is 0.698. The van der Waals surface area contributed by atoms with E-state index in [2.05, 4.69) is 0 Å². The Labute approximate surface area is 161 Å². The number of hydrogen-bond acceptors (Lipinski definition) is 4. The monoisotopic (exact) mass is 396 g/mol. The van der Waals surface area contributed by atoms with Crippen LogP contribution in [0.3, 0.4) is 0 Å². The Hall–Kier alpha value is -2.24. The lowest BCUT2D eigenvalue weighted by Crippen LogP contribution is -2.37. The molecule has 26 heavy (non-hydrogen) atoms. The highest BCUT2D eigenvalue weighted by Gasteiger charge is 2.31. The molecule has 0 heterocycles. The molecule has 0 aliphatic rings. The van der Waals surface area contributed by atoms with E-state index < -0.39 is 17.5 Å². The van der Waals surface area contributed by atoms with Gasteiger partial charge in [-0.2, -0.15) is 0 Å². The quantitative estimate of drug-likeness (QED) is 0.721. The molecule has 0 aromatic heterocycles. The van der Waals surface area contributed by atoms with Crippen molar-refractivity contribution in [2.75, 3.05) is 7.11 Å². The summed E-state index contributed by atoms with van der Waals surface area (Å²) in [5, 5.41) is 9.89. The number of carboxylic acid groups (broad SMARTS) is 1. The van der Waals surface area contributed by atoms with Crippen molar-refractivity contribution in [2.24, 2.45) is 0 Å². The lowest BCUT2D eigenvalue weighted by atomic mass is 10.0. The molecular formula is C19H18Cl2O5. The number of halogens is 2. The molecule has 2 aromatic carbocycles. The zero-order chi connectivity index (χ0) is 19.5. The third-order valence-electron chi connectivity index (χ3n) is 3.74. The smallest absolute Gasteiger partial charge is 0.347 e. The van der Waals surface area contributed by atoms with Gasteiger partial charge >= 0.3 is 11.9 Å². The molecule has 0 saturated carbocycles. The standard InChI is InChI=1S/C19H18Cl2O5/c1-19(2,18(23)24)26-17(22)8-11-4-6-12(7-5-11)13-9-16(25-3)15(21)10-14(13)20/h4-7,9-10H,8H2,1-3H3,(H,23,24). The lowest BCUT2D eigenvalue weighted by molar-refractivity contribution is -0.173. The Morgan fingerprint density at radius 1 is 1.08 bits per heavy atom. The summed E-state index contributed by atoms with van der Waals surface area (Å²) in [6, 6.07) is 10.5. The third-order valence-corrected chi connectivity index (χ3v) is 4.35. The number of benzene rings is 2. The van der Waals surface area contributed by atoms with Gasteiger partial charge in [-0.15, -0.1) is 0 Å². The summed E-state index contributed by atoms with van der Waals surface area (Å²) >= 11 is 12.3. The van der Waals surface area contributed by atoms with E-state index in [0.717, 1.165) is 11.1 Å². The molecule has 2 rings (SSSR count). The largest absolute Gasteiger partial charge is 0.495 e. The van der Waals surface area contributed by atoms with E-state index in [9.17, 15) is 9.59 Å². The Morgan fingerprint density at radius 3 is 2.23 bits per heavy atom. The van der Waals surface area contributed by atoms with E-state index in [-0.39, 0.29) is 6.42 Å². The first-order valence-corrected chi connectivity index (χ1v) is 8.47. The van der Waals surface area contributed by atoms with Crippen LogP contribution in [0.2, 0.25) is 10.0 Å². The molecule has 1 N–H and O–H groups in total. The lowest BCUT2D eigenvalue weighted by Gasteiger charge is -2.19. The Morgan fingerprint density at radius 2 is 1.69 bits per heavy atom. The van der Waals surface area contributed by atoms with Gasteiger partial charge in [0, 0.05) is 5.56 Å². The molecule has 5 nitrogen and oxygen atoms in total. The van der Waals surface area contributed by atoms with Crippen LogP contribution in [0.25, 0.3) is 11.1 Å². The number of esters is 1. The maximum Gasteiger partial charge on any atom is 0.347 e. The number of carbonyl (C=O) groups excluding carboxylic acids is 1. The topological polar surface area (TPSA) is 72.8 Å². The molecule has 0 fully saturated rings. The van der Waals surface area contributed by atoms with E-state index in [1.165, 1.54) is 21.0 Å². The SMILES string of the molecule is COc1cc(-c2ccc(CC(=O)OC(C)(C)C(=O)O)cc2)c(Cl)cc1Cl. The van der Waals surface area contributed by atoms with E-state index in [0.29, 0.717) is 21.4 Å². The van der Waals surface area contributed by atoms with Crippen LogP contribution >= 0.6 is 23.2 Å². The average Bonchev–Trinajstić information content (AvgIpc) is 2.55. The second kappa shape index (κ2) is 7.98. The fourth-order valence-corrected chi connectivity index (χ4v) is 2.81. The first-order chi connectivity index (χ1) is 12.1. The maximum atomic E-state index is 11.9. The number of rotatable bonds is 6. The van der Waals surface area contributed by atoms with Gasteiger partial charge in [-0.25, -0.2) is 4.79 Å². The van der Waals surface area contributed by atoms with Crippen LogP contribution in [0.5, 0.6) is 5.75 Å². The molecular weight excluding hydrogens is 379 g/mol. The highest BCUT2D eigenvalue weighted by Crippen LogP contribution is 2.36. The summed E-state index contributed by atoms with van der Waals surface area (Å²) < 4.78 is 10.2. The molecule has 0 unspecified atom stereocenters. The summed E-state index contributed by atoms with van der Waals surface area (Å²) in [7, 11) is 1.52. The van der Waals surface area contributed by atoms with Gasteiger partial charge in [0.2, 0.25) is 5.60 Å². The third kappa shape index (κ3) is 4.68. The van der Waals surface area contributed by atoms with Crippen LogP contribution in [-0.2, 0) is 20.7 Å². The maximum absolute atomic E-state index is 11.9. The van der Waals surface area contributed by atoms with Crippen LogP contribution in [-0.4, -0.2) is 29.8 Å². The molecule has 0 aliphatic carbocycles. The van der Waals surface area contributed by atoms with E-state index in [1.807, 2.05) is 0 Å². The minimum atomic E-state index is -1.57. The van der Waals surface area contributed by atoms with Gasteiger partial charge < -0.3 is 14.6 Å². The second-order valence-corrected chi connectivity index (χ2v) is 6.94. The molecule has 138 valence electrons. The predicted octanol–water partition coefficient (Wildman–Crippen LogP) is 4.62. The number of aliphatic carboxylic acids is 1. The summed E-state index contributed by atoms with van der Waals surface area (Å²) in [4.78, 5) is 22.9. The van der Waals surface area contributed by atoms with Gasteiger partial charge in [0.1, 0.15) is 5.75 Å². The molecule has 2 aromatic rings. The van der Waals surface area contributed by atoms with Crippen molar-refractivity contribution in [3.63, 3.8) is 0 Å². The molecule has 0 amide bonds. The van der Waals surface area contributed by atoms with Gasteiger partial charge in [0.05, 0.1) is 23.6 Å². The van der Waals surface area contributed by atoms with Crippen LogP contribution in [0.4, 0.5) is 0 Å². The molecule has 0 bridgehead atoms. The van der Waals surface area contributed by atoms with Crippen molar-refractivity contribution in [3.8, 4) is 16.9 Å². The highest BCUT2D eigenvalue weighted by atomic mass is 35.5. The van der Waals surface area contributed by atoms with Gasteiger partial charge in [-0.05, 0) is 37.1 Å². The Kier molecular flexibility index (Phi) is 6.16. The molecule has 0 atom stereocenters. The van der Waals surface area contributed by atoms with Gasteiger partial charge in [0.15, 0.2) is 0 Å². The van der Waals surface area contributed by atoms with E-state index in [1.54, 1.807) is 36.4 Å². The van der Waals surface area contributed by atoms with Crippen LogP contribution < -0.4 is 4.74 Å². The zero-order valence-corrected chi connectivity index (χ0v) is 16.0. The van der Waals surface area contributed by atoms with Crippen LogP contribution in [0, 0.1) is 0 Å². The number of carboxylic acids is 1. The van der Waals surface area contributed by atoms with Crippen molar-refractivity contribution in [1.29, 1.82) is 0 Å². The second-order valence-electron chi connectivity index (χ2n) is 6.13. The molecule has 0 aliphatic heterocycles. The van der Waals surface area contributed by atoms with E-state index >= 15 is 0 Å². The normalized spacial score (nSPS) is 11.1. The first-order valence-electron chi connectivity index (χ1n) is 7.71. The van der Waals surface area contributed by atoms with Crippen molar-refractivity contribution in [1.82, 2.24) is 0 Å². The highest BCUT2D eigenvalue weighted by molar-refractivity contribution is 6.37. The summed E-state index contributed by atoms with van der Waals surface area (Å²) in [6.07, 6.45) is -0.0331. The fraction of sp³-hybridized carbons (Fsp3) is 0.263. The molecule has 0 radical (unpaired) electrons. The zero-order valence-electron chi connectivity index (χ0n) is 14.5. The fourth-order valence-electron chi connectivity index (χ4n) is 2.24. The number of carbonyl (C=O) groups is 2. The molecule has 0 spiro atoms. The van der Waals surface area contributed by atoms with Gasteiger partial charge in [-0.1, -0.05) is 47.5 Å². The number of ether oxygens (including phenoxy) is 2.